The molecule has 0 radical (unpaired) electrons. The number of hydrogen-bond donors (Lipinski definition) is 1. The molecule has 1 unspecified atom stereocenters. The van der Waals surface area contributed by atoms with E-state index >= 15 is 0 Å². The SMILES string of the molecule is CC(C)Cc1ccc(N(C)CCC2CCCN2)cc1. The van der Waals surface area contributed by atoms with Crippen LogP contribution in [0, 0.1) is 5.92 Å². The molecule has 0 aromatic heterocycles. The lowest BCUT2D eigenvalue weighted by atomic mass is 10.0. The van der Waals surface area contributed by atoms with Gasteiger partial charge < -0.3 is 10.2 Å². The molecule has 0 saturated carbocycles. The Bertz CT molecular complexity index is 363. The molecule has 0 aliphatic carbocycles. The van der Waals surface area contributed by atoms with Crippen LogP contribution in [-0.4, -0.2) is 26.2 Å². The second-order valence-electron chi connectivity index (χ2n) is 6.27. The molecule has 1 N–H and O–H groups in total. The maximum absolute atomic E-state index is 3.57. The van der Waals surface area contributed by atoms with Gasteiger partial charge in [0.05, 0.1) is 0 Å². The molecule has 2 heteroatoms. The first-order valence-electron chi connectivity index (χ1n) is 7.68. The smallest absolute Gasteiger partial charge is 0.0363 e. The summed E-state index contributed by atoms with van der Waals surface area (Å²) in [6.45, 7) is 6.89. The Morgan fingerprint density at radius 2 is 2.00 bits per heavy atom. The number of nitrogens with zero attached hydrogens (tertiary/aromatic N) is 1. The fraction of sp³-hybridized carbons (Fsp3) is 0.647. The summed E-state index contributed by atoms with van der Waals surface area (Å²) < 4.78 is 0. The molecule has 2 nitrogen and oxygen atoms in total. The van der Waals surface area contributed by atoms with Crippen molar-refractivity contribution >= 4 is 5.69 Å². The first kappa shape index (κ1) is 14.4. The van der Waals surface area contributed by atoms with Gasteiger partial charge in [0.25, 0.3) is 0 Å². The normalized spacial score (nSPS) is 19.1. The molecule has 2 rings (SSSR count). The van der Waals surface area contributed by atoms with Crippen LogP contribution in [0.25, 0.3) is 0 Å². The van der Waals surface area contributed by atoms with Gasteiger partial charge in [-0.25, -0.2) is 0 Å². The number of rotatable bonds is 6. The van der Waals surface area contributed by atoms with Gasteiger partial charge in [-0.3, -0.25) is 0 Å². The third kappa shape index (κ3) is 4.54. The maximum atomic E-state index is 3.57. The van der Waals surface area contributed by atoms with Crippen molar-refractivity contribution in [1.82, 2.24) is 5.32 Å². The van der Waals surface area contributed by atoms with Crippen LogP contribution >= 0.6 is 0 Å². The molecule has 106 valence electrons. The summed E-state index contributed by atoms with van der Waals surface area (Å²) in [5.74, 6) is 0.733. The Labute approximate surface area is 118 Å². The van der Waals surface area contributed by atoms with Gasteiger partial charge >= 0.3 is 0 Å². The summed E-state index contributed by atoms with van der Waals surface area (Å²) in [4.78, 5) is 2.37. The van der Waals surface area contributed by atoms with E-state index in [-0.39, 0.29) is 0 Å². The van der Waals surface area contributed by atoms with Gasteiger partial charge in [-0.2, -0.15) is 0 Å². The lowest BCUT2D eigenvalue weighted by molar-refractivity contribution is 0.559. The molecule has 1 aliphatic rings. The van der Waals surface area contributed by atoms with Crippen LogP contribution in [0.1, 0.15) is 38.7 Å². The molecule has 1 aliphatic heterocycles. The highest BCUT2D eigenvalue weighted by Crippen LogP contribution is 2.17. The second kappa shape index (κ2) is 6.95. The first-order valence-corrected chi connectivity index (χ1v) is 7.68. The number of hydrogen-bond acceptors (Lipinski definition) is 2. The Hall–Kier alpha value is -1.02. The van der Waals surface area contributed by atoms with E-state index in [1.54, 1.807) is 0 Å². The van der Waals surface area contributed by atoms with E-state index in [9.17, 15) is 0 Å². The third-order valence-corrected chi connectivity index (χ3v) is 4.00. The molecule has 1 fully saturated rings. The fourth-order valence-corrected chi connectivity index (χ4v) is 2.84. The van der Waals surface area contributed by atoms with Crippen LogP contribution in [0.5, 0.6) is 0 Å². The Balaban J connectivity index is 1.82. The van der Waals surface area contributed by atoms with Crippen molar-refractivity contribution in [3.63, 3.8) is 0 Å². The fourth-order valence-electron chi connectivity index (χ4n) is 2.84. The molecule has 19 heavy (non-hydrogen) atoms. The van der Waals surface area contributed by atoms with Crippen molar-refractivity contribution in [2.45, 2.75) is 45.6 Å². The topological polar surface area (TPSA) is 15.3 Å². The zero-order valence-electron chi connectivity index (χ0n) is 12.7. The minimum atomic E-state index is 0.733. The van der Waals surface area contributed by atoms with E-state index in [1.807, 2.05) is 0 Å². The van der Waals surface area contributed by atoms with Crippen molar-refractivity contribution in [3.8, 4) is 0 Å². The number of anilines is 1. The molecule has 1 saturated heterocycles. The van der Waals surface area contributed by atoms with E-state index in [4.69, 9.17) is 0 Å². The predicted molar refractivity (Wildman–Crippen MR) is 83.9 cm³/mol. The highest BCUT2D eigenvalue weighted by molar-refractivity contribution is 5.46. The first-order chi connectivity index (χ1) is 9.15. The zero-order valence-corrected chi connectivity index (χ0v) is 12.7. The van der Waals surface area contributed by atoms with Crippen molar-refractivity contribution in [2.75, 3.05) is 25.0 Å². The predicted octanol–water partition coefficient (Wildman–Crippen LogP) is 3.46. The van der Waals surface area contributed by atoms with Gasteiger partial charge in [-0.1, -0.05) is 26.0 Å². The van der Waals surface area contributed by atoms with E-state index in [0.29, 0.717) is 0 Å². The molecule has 0 bridgehead atoms. The summed E-state index contributed by atoms with van der Waals surface area (Å²) in [6, 6.07) is 9.82. The van der Waals surface area contributed by atoms with Gasteiger partial charge in [-0.05, 0) is 55.8 Å². The molecular formula is C17H28N2. The van der Waals surface area contributed by atoms with Crippen LogP contribution in [0.2, 0.25) is 0 Å². The van der Waals surface area contributed by atoms with Crippen molar-refractivity contribution in [3.05, 3.63) is 29.8 Å². The molecular weight excluding hydrogens is 232 g/mol. The molecule has 1 heterocycles. The highest BCUT2D eigenvalue weighted by Gasteiger charge is 2.14. The van der Waals surface area contributed by atoms with Crippen LogP contribution in [-0.2, 0) is 6.42 Å². The van der Waals surface area contributed by atoms with E-state index < -0.39 is 0 Å². The van der Waals surface area contributed by atoms with Crippen molar-refractivity contribution in [1.29, 1.82) is 0 Å². The molecule has 1 aromatic carbocycles. The maximum Gasteiger partial charge on any atom is 0.0363 e. The summed E-state index contributed by atoms with van der Waals surface area (Å²) >= 11 is 0. The van der Waals surface area contributed by atoms with E-state index in [1.165, 1.54) is 43.5 Å². The quantitative estimate of drug-likeness (QED) is 0.842. The standard InChI is InChI=1S/C17H28N2/c1-14(2)13-15-6-8-17(9-7-15)19(3)12-10-16-5-4-11-18-16/h6-9,14,16,18H,4-5,10-13H2,1-3H3. The summed E-state index contributed by atoms with van der Waals surface area (Å²) in [6.07, 6.45) is 5.12. The zero-order chi connectivity index (χ0) is 13.7. The van der Waals surface area contributed by atoms with E-state index in [0.717, 1.165) is 18.5 Å². The molecule has 1 aromatic rings. The Kier molecular flexibility index (Phi) is 5.26. The monoisotopic (exact) mass is 260 g/mol. The van der Waals surface area contributed by atoms with E-state index in [2.05, 4.69) is 55.4 Å². The van der Waals surface area contributed by atoms with Gasteiger partial charge in [0.1, 0.15) is 0 Å². The second-order valence-corrected chi connectivity index (χ2v) is 6.27. The average molecular weight is 260 g/mol. The minimum absolute atomic E-state index is 0.733. The van der Waals surface area contributed by atoms with Gasteiger partial charge in [0, 0.05) is 25.3 Å². The number of nitrogens with one attached hydrogen (secondary N) is 1. The summed E-state index contributed by atoms with van der Waals surface area (Å²) in [7, 11) is 2.20. The van der Waals surface area contributed by atoms with Crippen LogP contribution in [0.15, 0.2) is 24.3 Å². The lowest BCUT2D eigenvalue weighted by Crippen LogP contribution is -2.28. The molecule has 0 spiro atoms. The number of benzene rings is 1. The van der Waals surface area contributed by atoms with Crippen LogP contribution in [0.4, 0.5) is 5.69 Å². The van der Waals surface area contributed by atoms with Crippen LogP contribution in [0.3, 0.4) is 0 Å². The average Bonchev–Trinajstić information content (AvgIpc) is 2.89. The Morgan fingerprint density at radius 1 is 1.26 bits per heavy atom. The van der Waals surface area contributed by atoms with Gasteiger partial charge in [0.15, 0.2) is 0 Å². The van der Waals surface area contributed by atoms with Crippen LogP contribution < -0.4 is 10.2 Å². The largest absolute Gasteiger partial charge is 0.375 e. The van der Waals surface area contributed by atoms with Gasteiger partial charge in [0.2, 0.25) is 0 Å². The highest BCUT2D eigenvalue weighted by atomic mass is 15.1. The summed E-state index contributed by atoms with van der Waals surface area (Å²) in [5.41, 5.74) is 2.79. The molecule has 1 atom stereocenters. The van der Waals surface area contributed by atoms with Crippen molar-refractivity contribution in [2.24, 2.45) is 5.92 Å². The summed E-state index contributed by atoms with van der Waals surface area (Å²) in [5, 5.41) is 3.57. The lowest BCUT2D eigenvalue weighted by Gasteiger charge is -2.21. The Morgan fingerprint density at radius 3 is 2.58 bits per heavy atom. The minimum Gasteiger partial charge on any atom is -0.375 e. The molecule has 0 amide bonds. The van der Waals surface area contributed by atoms with Gasteiger partial charge in [-0.15, -0.1) is 0 Å². The third-order valence-electron chi connectivity index (χ3n) is 4.00. The van der Waals surface area contributed by atoms with Crippen molar-refractivity contribution < 1.29 is 0 Å².